The molecule has 0 saturated heterocycles. The summed E-state index contributed by atoms with van der Waals surface area (Å²) in [4.78, 5) is 28.8. The van der Waals surface area contributed by atoms with Gasteiger partial charge in [-0.2, -0.15) is 4.98 Å². The molecule has 1 aromatic carbocycles. The number of esters is 2. The molecule has 0 aliphatic rings. The summed E-state index contributed by atoms with van der Waals surface area (Å²) in [6, 6.07) is 6.85. The van der Waals surface area contributed by atoms with E-state index >= 15 is 0 Å². The van der Waals surface area contributed by atoms with E-state index in [0.29, 0.717) is 22.8 Å². The van der Waals surface area contributed by atoms with Gasteiger partial charge in [0, 0.05) is 11.5 Å². The van der Waals surface area contributed by atoms with Crippen molar-refractivity contribution in [3.63, 3.8) is 0 Å². The molecule has 0 bridgehead atoms. The lowest BCUT2D eigenvalue weighted by Crippen LogP contribution is -2.26. The Morgan fingerprint density at radius 1 is 1.12 bits per heavy atom. The van der Waals surface area contributed by atoms with Crippen LogP contribution in [0.5, 0.6) is 0 Å². The summed E-state index contributed by atoms with van der Waals surface area (Å²) in [6.45, 7) is 7.62. The number of nitrogens with zero attached hydrogens (tertiary/aromatic N) is 2. The van der Waals surface area contributed by atoms with Crippen LogP contribution in [-0.4, -0.2) is 35.3 Å². The van der Waals surface area contributed by atoms with Gasteiger partial charge in [0.1, 0.15) is 0 Å². The van der Waals surface area contributed by atoms with Gasteiger partial charge >= 0.3 is 11.9 Å². The highest BCUT2D eigenvalue weighted by atomic mass is 16.6. The Labute approximate surface area is 146 Å². The van der Waals surface area contributed by atoms with Gasteiger partial charge in [-0.15, -0.1) is 0 Å². The zero-order chi connectivity index (χ0) is 18.4. The summed E-state index contributed by atoms with van der Waals surface area (Å²) in [7, 11) is 0. The van der Waals surface area contributed by atoms with Gasteiger partial charge in [-0.25, -0.2) is 0 Å². The van der Waals surface area contributed by atoms with E-state index in [1.54, 1.807) is 38.1 Å². The predicted octanol–water partition coefficient (Wildman–Crippen LogP) is 3.07. The van der Waals surface area contributed by atoms with Crippen molar-refractivity contribution < 1.29 is 23.6 Å². The van der Waals surface area contributed by atoms with Crippen molar-refractivity contribution in [2.75, 3.05) is 13.2 Å². The van der Waals surface area contributed by atoms with Crippen LogP contribution in [0.25, 0.3) is 11.4 Å². The standard InChI is InChI=1S/C18H22N2O5/c1-5-23-17(21)14(18(22)24-6-2)12-8-7-9-13(10-12)15-19-16(11(3)4)25-20-15/h7-11,14H,5-6H2,1-4H3. The lowest BCUT2D eigenvalue weighted by atomic mass is 9.97. The summed E-state index contributed by atoms with van der Waals surface area (Å²) in [5.41, 5.74) is 1.11. The second-order valence-electron chi connectivity index (χ2n) is 5.67. The van der Waals surface area contributed by atoms with E-state index in [0.717, 1.165) is 0 Å². The average molecular weight is 346 g/mol. The lowest BCUT2D eigenvalue weighted by Gasteiger charge is -2.15. The molecule has 1 heterocycles. The molecule has 2 aromatic rings. The van der Waals surface area contributed by atoms with Crippen LogP contribution in [0, 0.1) is 0 Å². The number of carbonyl (C=O) groups is 2. The van der Waals surface area contributed by atoms with Crippen molar-refractivity contribution in [1.29, 1.82) is 0 Å². The van der Waals surface area contributed by atoms with Crippen LogP contribution in [0.4, 0.5) is 0 Å². The fraction of sp³-hybridized carbons (Fsp3) is 0.444. The molecule has 0 radical (unpaired) electrons. The highest BCUT2D eigenvalue weighted by molar-refractivity contribution is 6.01. The lowest BCUT2D eigenvalue weighted by molar-refractivity contribution is -0.156. The maximum atomic E-state index is 12.2. The number of aromatic nitrogens is 2. The summed E-state index contributed by atoms with van der Waals surface area (Å²) >= 11 is 0. The second kappa shape index (κ2) is 8.41. The van der Waals surface area contributed by atoms with Crippen LogP contribution >= 0.6 is 0 Å². The van der Waals surface area contributed by atoms with Crippen LogP contribution < -0.4 is 0 Å². The normalized spacial score (nSPS) is 11.0. The van der Waals surface area contributed by atoms with Gasteiger partial charge in [-0.1, -0.05) is 37.2 Å². The topological polar surface area (TPSA) is 91.5 Å². The van der Waals surface area contributed by atoms with E-state index in [1.807, 2.05) is 13.8 Å². The van der Waals surface area contributed by atoms with E-state index in [9.17, 15) is 9.59 Å². The quantitative estimate of drug-likeness (QED) is 0.562. The summed E-state index contributed by atoms with van der Waals surface area (Å²) in [5, 5.41) is 3.95. The molecule has 7 nitrogen and oxygen atoms in total. The molecule has 0 N–H and O–H groups in total. The van der Waals surface area contributed by atoms with Gasteiger partial charge in [-0.05, 0) is 25.5 Å². The molecule has 134 valence electrons. The van der Waals surface area contributed by atoms with Gasteiger partial charge in [0.05, 0.1) is 13.2 Å². The first-order chi connectivity index (χ1) is 12.0. The van der Waals surface area contributed by atoms with Crippen molar-refractivity contribution in [2.24, 2.45) is 0 Å². The number of ether oxygens (including phenoxy) is 2. The smallest absolute Gasteiger partial charge is 0.324 e. The first-order valence-electron chi connectivity index (χ1n) is 8.25. The predicted molar refractivity (Wildman–Crippen MR) is 89.8 cm³/mol. The second-order valence-corrected chi connectivity index (χ2v) is 5.67. The largest absolute Gasteiger partial charge is 0.465 e. The average Bonchev–Trinajstić information content (AvgIpc) is 3.06. The van der Waals surface area contributed by atoms with Crippen LogP contribution in [0.3, 0.4) is 0 Å². The van der Waals surface area contributed by atoms with E-state index in [-0.39, 0.29) is 19.1 Å². The van der Waals surface area contributed by atoms with Crippen LogP contribution in [0.1, 0.15) is 51.0 Å². The molecule has 0 aliphatic carbocycles. The first-order valence-corrected chi connectivity index (χ1v) is 8.25. The van der Waals surface area contributed by atoms with Gasteiger partial charge in [-0.3, -0.25) is 9.59 Å². The van der Waals surface area contributed by atoms with E-state index < -0.39 is 17.9 Å². The molecule has 0 amide bonds. The molecule has 1 aromatic heterocycles. The molecule has 0 spiro atoms. The zero-order valence-electron chi connectivity index (χ0n) is 14.8. The third kappa shape index (κ3) is 4.43. The Morgan fingerprint density at radius 3 is 2.28 bits per heavy atom. The van der Waals surface area contributed by atoms with Gasteiger partial charge in [0.15, 0.2) is 5.92 Å². The van der Waals surface area contributed by atoms with Crippen molar-refractivity contribution in [3.05, 3.63) is 35.7 Å². The van der Waals surface area contributed by atoms with E-state index in [4.69, 9.17) is 14.0 Å². The Hall–Kier alpha value is -2.70. The number of carbonyl (C=O) groups excluding carboxylic acids is 2. The maximum Gasteiger partial charge on any atom is 0.324 e. The monoisotopic (exact) mass is 346 g/mol. The Bertz CT molecular complexity index is 721. The highest BCUT2D eigenvalue weighted by Gasteiger charge is 2.31. The van der Waals surface area contributed by atoms with Crippen molar-refractivity contribution >= 4 is 11.9 Å². The molecule has 0 atom stereocenters. The number of benzene rings is 1. The fourth-order valence-corrected chi connectivity index (χ4v) is 2.26. The zero-order valence-corrected chi connectivity index (χ0v) is 14.8. The van der Waals surface area contributed by atoms with E-state index in [1.165, 1.54) is 0 Å². The third-order valence-electron chi connectivity index (χ3n) is 3.46. The van der Waals surface area contributed by atoms with E-state index in [2.05, 4.69) is 10.1 Å². The van der Waals surface area contributed by atoms with Crippen LogP contribution in [0.15, 0.2) is 28.8 Å². The third-order valence-corrected chi connectivity index (χ3v) is 3.46. The minimum Gasteiger partial charge on any atom is -0.465 e. The first kappa shape index (κ1) is 18.6. The number of hydrogen-bond donors (Lipinski definition) is 0. The molecule has 25 heavy (non-hydrogen) atoms. The number of rotatable bonds is 7. The molecular weight excluding hydrogens is 324 g/mol. The Balaban J connectivity index is 2.38. The van der Waals surface area contributed by atoms with Crippen molar-refractivity contribution in [3.8, 4) is 11.4 Å². The molecule has 2 rings (SSSR count). The minimum absolute atomic E-state index is 0.108. The molecule has 0 aliphatic heterocycles. The number of hydrogen-bond acceptors (Lipinski definition) is 7. The highest BCUT2D eigenvalue weighted by Crippen LogP contribution is 2.25. The van der Waals surface area contributed by atoms with Crippen molar-refractivity contribution in [2.45, 2.75) is 39.5 Å². The molecule has 7 heteroatoms. The SMILES string of the molecule is CCOC(=O)C(C(=O)OCC)c1cccc(-c2noc(C(C)C)n2)c1. The Kier molecular flexibility index (Phi) is 6.27. The molecular formula is C18H22N2O5. The Morgan fingerprint density at radius 2 is 1.76 bits per heavy atom. The van der Waals surface area contributed by atoms with Gasteiger partial charge in [0.25, 0.3) is 0 Å². The van der Waals surface area contributed by atoms with Crippen LogP contribution in [-0.2, 0) is 19.1 Å². The fourth-order valence-electron chi connectivity index (χ4n) is 2.26. The van der Waals surface area contributed by atoms with Crippen molar-refractivity contribution in [1.82, 2.24) is 10.1 Å². The molecule has 0 saturated carbocycles. The maximum absolute atomic E-state index is 12.2. The minimum atomic E-state index is -1.14. The van der Waals surface area contributed by atoms with Gasteiger partial charge in [0.2, 0.25) is 11.7 Å². The summed E-state index contributed by atoms with van der Waals surface area (Å²) < 4.78 is 15.2. The van der Waals surface area contributed by atoms with Crippen LogP contribution in [0.2, 0.25) is 0 Å². The van der Waals surface area contributed by atoms with Gasteiger partial charge < -0.3 is 14.0 Å². The summed E-state index contributed by atoms with van der Waals surface area (Å²) in [5.74, 6) is -1.40. The molecule has 0 fully saturated rings. The molecule has 0 unspecified atom stereocenters. The summed E-state index contributed by atoms with van der Waals surface area (Å²) in [6.07, 6.45) is 0.